The average molecular weight is 1680 g/mol. The van der Waals surface area contributed by atoms with Crippen molar-refractivity contribution in [2.24, 2.45) is 5.92 Å². The number of aliphatic hydroxyl groups excluding tert-OH is 9. The molecule has 0 aromatic rings. The second-order valence-corrected chi connectivity index (χ2v) is 34.8. The summed E-state index contributed by atoms with van der Waals surface area (Å²) in [5, 5.41) is 102. The third-order valence-electron chi connectivity index (χ3n) is 22.8. The molecule has 2 saturated heterocycles. The van der Waals surface area contributed by atoms with Crippen LogP contribution < -0.4 is 0 Å². The Bertz CT molecular complexity index is 2530. The largest absolute Gasteiger partial charge is 0.472 e. The van der Waals surface area contributed by atoms with Gasteiger partial charge in [0.1, 0.15) is 92.6 Å². The highest BCUT2D eigenvalue weighted by Crippen LogP contribution is 2.49. The molecule has 116 heavy (non-hydrogen) atoms. The fourth-order valence-corrected chi connectivity index (χ4v) is 16.3. The number of carbonyl (C=O) groups is 4. The Balaban J connectivity index is 1.93. The Morgan fingerprint density at radius 1 is 0.362 bits per heavy atom. The van der Waals surface area contributed by atoms with E-state index in [1.165, 1.54) is 154 Å². The van der Waals surface area contributed by atoms with Crippen molar-refractivity contribution in [3.05, 3.63) is 24.3 Å². The molecule has 2 aliphatic heterocycles. The zero-order valence-corrected chi connectivity index (χ0v) is 73.4. The molecule has 680 valence electrons. The summed E-state index contributed by atoms with van der Waals surface area (Å²) in [6.45, 7) is 7.89. The highest BCUT2D eigenvalue weighted by atomic mass is 31.2. The van der Waals surface area contributed by atoms with Crippen molar-refractivity contribution in [2.75, 3.05) is 26.4 Å². The van der Waals surface area contributed by atoms with Crippen molar-refractivity contribution in [3.63, 3.8) is 0 Å². The van der Waals surface area contributed by atoms with Crippen molar-refractivity contribution in [3.8, 4) is 0 Å². The molecule has 0 aromatic heterocycles. The summed E-state index contributed by atoms with van der Waals surface area (Å²) in [5.41, 5.74) is 0. The van der Waals surface area contributed by atoms with Crippen LogP contribution >= 0.6 is 7.82 Å². The lowest BCUT2D eigenvalue weighted by Crippen LogP contribution is -2.70. The van der Waals surface area contributed by atoms with Crippen molar-refractivity contribution in [1.82, 2.24) is 0 Å². The van der Waals surface area contributed by atoms with Crippen LogP contribution in [-0.2, 0) is 70.7 Å². The summed E-state index contributed by atoms with van der Waals surface area (Å²) in [6.07, 6.45) is 26.1. The van der Waals surface area contributed by atoms with E-state index in [1.54, 1.807) is 0 Å². The van der Waals surface area contributed by atoms with Gasteiger partial charge in [0.25, 0.3) is 0 Å². The Morgan fingerprint density at radius 3 is 1.13 bits per heavy atom. The topological polar surface area (TPSA) is 380 Å². The van der Waals surface area contributed by atoms with Crippen LogP contribution in [-0.4, -0.2) is 205 Å². The van der Waals surface area contributed by atoms with E-state index < -0.39 is 162 Å². The Kier molecular flexibility index (Phi) is 63.2. The third-order valence-corrected chi connectivity index (χ3v) is 23.8. The monoisotopic (exact) mass is 1680 g/mol. The lowest BCUT2D eigenvalue weighted by Gasteiger charge is -2.50. The lowest BCUT2D eigenvalue weighted by molar-refractivity contribution is -0.360. The molecule has 26 heteroatoms. The van der Waals surface area contributed by atoms with E-state index in [1.807, 2.05) is 0 Å². The number of allylic oxidation sites excluding steroid dienone is 4. The van der Waals surface area contributed by atoms with Crippen LogP contribution in [0, 0.1) is 5.92 Å². The number of ether oxygens (including phenoxy) is 8. The van der Waals surface area contributed by atoms with E-state index in [2.05, 4.69) is 58.9 Å². The lowest BCUT2D eigenvalue weighted by atomic mass is 9.84. The third kappa shape index (κ3) is 48.7. The first-order valence-corrected chi connectivity index (χ1v) is 48.0. The molecule has 0 spiro atoms. The second kappa shape index (κ2) is 68.4. The minimum absolute atomic E-state index is 0.00666. The quantitative estimate of drug-likeness (QED) is 0.00889. The zero-order valence-electron chi connectivity index (χ0n) is 72.5. The summed E-state index contributed by atoms with van der Waals surface area (Å²) < 4.78 is 73.4. The molecule has 1 saturated carbocycles. The summed E-state index contributed by atoms with van der Waals surface area (Å²) in [4.78, 5) is 66.4. The van der Waals surface area contributed by atoms with Crippen LogP contribution in [0.25, 0.3) is 0 Å². The molecule has 0 bridgehead atoms. The minimum Gasteiger partial charge on any atom is -0.463 e. The van der Waals surface area contributed by atoms with Crippen LogP contribution in [0.5, 0.6) is 0 Å². The first kappa shape index (κ1) is 107. The molecule has 0 aromatic carbocycles. The molecule has 0 radical (unpaired) electrons. The van der Waals surface area contributed by atoms with Gasteiger partial charge in [-0.25, -0.2) is 4.57 Å². The second-order valence-electron chi connectivity index (χ2n) is 33.4. The van der Waals surface area contributed by atoms with Gasteiger partial charge in [-0.3, -0.25) is 28.2 Å². The summed E-state index contributed by atoms with van der Waals surface area (Å²) >= 11 is 0. The summed E-state index contributed by atoms with van der Waals surface area (Å²) in [5.74, 6) is -2.30. The SMILES string of the molecule is CCCCCC/C=C\CCCCCCCCCC(=O)OC1C(O)C(O)C(OC2OC(CO)C(O)C(O)C2O)C(OP(=O)(O)OCC(COC(=O)CCCCCCCCC(C)CCCCCCCC)OC(=O)CCCCCCCCCCCCCCC)C1OC1OC(COC(=O)CCCCC/C=C\CCCCCCCC)C(O)C(O)C1O. The molecule has 25 nitrogen and oxygen atoms in total. The number of hydrogen-bond acceptors (Lipinski definition) is 24. The maximum atomic E-state index is 14.9. The van der Waals surface area contributed by atoms with Gasteiger partial charge in [0.15, 0.2) is 24.8 Å². The fourth-order valence-electron chi connectivity index (χ4n) is 15.3. The van der Waals surface area contributed by atoms with Crippen molar-refractivity contribution < 1.29 is 122 Å². The smallest absolute Gasteiger partial charge is 0.463 e. The Hall–Kier alpha value is -3.05. The average Bonchev–Trinajstić information content (AvgIpc) is 0.754. The number of phosphoric acid groups is 1. The van der Waals surface area contributed by atoms with E-state index in [4.69, 9.17) is 46.9 Å². The predicted molar refractivity (Wildman–Crippen MR) is 449 cm³/mol. The van der Waals surface area contributed by atoms with Crippen molar-refractivity contribution in [1.29, 1.82) is 0 Å². The van der Waals surface area contributed by atoms with Crippen LogP contribution in [0.1, 0.15) is 388 Å². The van der Waals surface area contributed by atoms with E-state index in [0.29, 0.717) is 44.4 Å². The van der Waals surface area contributed by atoms with Crippen LogP contribution in [0.2, 0.25) is 0 Å². The van der Waals surface area contributed by atoms with Gasteiger partial charge in [-0.2, -0.15) is 0 Å². The fraction of sp³-hybridized carbons (Fsp3) is 0.911. The highest BCUT2D eigenvalue weighted by Gasteiger charge is 2.60. The summed E-state index contributed by atoms with van der Waals surface area (Å²) in [6, 6.07) is 0. The summed E-state index contributed by atoms with van der Waals surface area (Å²) in [7, 11) is -5.81. The first-order chi connectivity index (χ1) is 56.1. The molecule has 10 N–H and O–H groups in total. The van der Waals surface area contributed by atoms with Gasteiger partial charge in [0.2, 0.25) is 0 Å². The molecular formula is C90H165O25P. The molecule has 1 aliphatic carbocycles. The highest BCUT2D eigenvalue weighted by molar-refractivity contribution is 7.47. The molecule has 19 unspecified atom stereocenters. The molecule has 19 atom stereocenters. The van der Waals surface area contributed by atoms with Crippen LogP contribution in [0.3, 0.4) is 0 Å². The number of unbranched alkanes of at least 4 members (excludes halogenated alkanes) is 42. The Morgan fingerprint density at radius 2 is 0.698 bits per heavy atom. The first-order valence-electron chi connectivity index (χ1n) is 46.5. The van der Waals surface area contributed by atoms with Gasteiger partial charge < -0.3 is 88.7 Å². The molecular weight excluding hydrogens is 1510 g/mol. The minimum atomic E-state index is -5.81. The maximum Gasteiger partial charge on any atom is 0.472 e. The van der Waals surface area contributed by atoms with Gasteiger partial charge >= 0.3 is 31.7 Å². The van der Waals surface area contributed by atoms with Crippen LogP contribution in [0.15, 0.2) is 24.3 Å². The molecule has 3 fully saturated rings. The van der Waals surface area contributed by atoms with Crippen molar-refractivity contribution >= 4 is 31.7 Å². The van der Waals surface area contributed by atoms with E-state index in [-0.39, 0.29) is 25.7 Å². The number of carbonyl (C=O) groups excluding carboxylic acids is 4. The molecule has 0 amide bonds. The number of phosphoric ester groups is 1. The van der Waals surface area contributed by atoms with E-state index in [9.17, 15) is 74.6 Å². The van der Waals surface area contributed by atoms with Gasteiger partial charge in [-0.15, -0.1) is 0 Å². The Labute approximate surface area is 698 Å². The standard InChI is InChI=1S/C90H165O25P/c1-6-10-14-18-22-25-28-31-32-35-38-41-44-52-58-64-76(95)112-85-81(100)82(101)86(113-89-83(102)79(98)77(96)71(65-91)110-89)88(87(85)114-90-84(103)80(99)78(97)72(111-90)68-107-74(93)62-56-49-42-39-36-33-29-26-23-19-15-11-7-2)115-116(104,105)108-67-70(109-75(94)63-57-51-43-40-37-34-30-27-24-20-16-12-8-3)66-106-73(92)61-55-50-46-45-48-54-60-69(5)59-53-47-21-17-13-9-4/h25,28,33,36,69-72,77-91,96-103H,6-24,26-27,29-32,34-35,37-68H2,1-5H3,(H,104,105)/b28-25-,36-33-. The van der Waals surface area contributed by atoms with Gasteiger partial charge in [-0.1, -0.05) is 309 Å². The maximum absolute atomic E-state index is 14.9. The normalized spacial score (nSPS) is 25.5. The van der Waals surface area contributed by atoms with Crippen molar-refractivity contribution in [2.45, 2.75) is 492 Å². The molecule has 3 rings (SSSR count). The zero-order chi connectivity index (χ0) is 84.8. The number of aliphatic hydroxyl groups is 9. The van der Waals surface area contributed by atoms with E-state index >= 15 is 0 Å². The van der Waals surface area contributed by atoms with Crippen LogP contribution in [0.4, 0.5) is 0 Å². The van der Waals surface area contributed by atoms with E-state index in [0.717, 1.165) is 135 Å². The number of esters is 4. The number of hydrogen-bond donors (Lipinski definition) is 10. The van der Waals surface area contributed by atoms with Gasteiger partial charge in [-0.05, 0) is 83.0 Å². The molecule has 2 heterocycles. The number of rotatable bonds is 74. The molecule has 3 aliphatic rings. The van der Waals surface area contributed by atoms with Gasteiger partial charge in [0, 0.05) is 25.7 Å². The van der Waals surface area contributed by atoms with Gasteiger partial charge in [0.05, 0.1) is 13.2 Å². The predicted octanol–water partition coefficient (Wildman–Crippen LogP) is 16.8.